The van der Waals surface area contributed by atoms with E-state index in [2.05, 4.69) is 11.4 Å². The van der Waals surface area contributed by atoms with Gasteiger partial charge in [0.2, 0.25) is 5.91 Å². The van der Waals surface area contributed by atoms with Crippen molar-refractivity contribution in [2.45, 2.75) is 26.2 Å². The van der Waals surface area contributed by atoms with E-state index >= 15 is 0 Å². The van der Waals surface area contributed by atoms with Gasteiger partial charge in [0, 0.05) is 23.3 Å². The number of nitrogens with one attached hydrogen (secondary N) is 1. The minimum Gasteiger partial charge on any atom is -0.492 e. The van der Waals surface area contributed by atoms with Crippen LogP contribution in [0.2, 0.25) is 0 Å². The van der Waals surface area contributed by atoms with Crippen molar-refractivity contribution in [1.29, 1.82) is 5.26 Å². The summed E-state index contributed by atoms with van der Waals surface area (Å²) in [4.78, 5) is 24.2. The fraction of sp³-hybridized carbons (Fsp3) is 0.261. The van der Waals surface area contributed by atoms with E-state index in [0.29, 0.717) is 46.9 Å². The zero-order valence-electron chi connectivity index (χ0n) is 16.5. The van der Waals surface area contributed by atoms with Crippen molar-refractivity contribution in [1.82, 2.24) is 5.32 Å². The van der Waals surface area contributed by atoms with E-state index in [9.17, 15) is 9.59 Å². The molecule has 3 aromatic rings. The molecule has 0 atom stereocenters. The fourth-order valence-electron chi connectivity index (χ4n) is 3.81. The molecule has 2 aromatic carbocycles. The number of nitriles is 1. The number of fused-ring (bicyclic) bond motifs is 4. The highest BCUT2D eigenvalue weighted by molar-refractivity contribution is 6.19. The summed E-state index contributed by atoms with van der Waals surface area (Å²) in [5, 5.41) is 12.6. The third-order valence-corrected chi connectivity index (χ3v) is 5.27. The number of furan rings is 1. The third kappa shape index (κ3) is 3.05. The van der Waals surface area contributed by atoms with Gasteiger partial charge in [0.1, 0.15) is 23.7 Å². The van der Waals surface area contributed by atoms with E-state index in [4.69, 9.17) is 14.4 Å². The molecule has 1 aromatic heterocycles. The first-order valence-electron chi connectivity index (χ1n) is 9.36. The van der Waals surface area contributed by atoms with Gasteiger partial charge in [0.25, 0.3) is 0 Å². The van der Waals surface area contributed by atoms with Crippen LogP contribution in [0.1, 0.15) is 53.6 Å². The van der Waals surface area contributed by atoms with Crippen molar-refractivity contribution < 1.29 is 18.7 Å². The number of amides is 1. The Bertz CT molecular complexity index is 1200. The van der Waals surface area contributed by atoms with Crippen molar-refractivity contribution in [2.75, 3.05) is 13.2 Å². The lowest BCUT2D eigenvalue weighted by Crippen LogP contribution is -2.29. The molecule has 0 unspecified atom stereocenters. The van der Waals surface area contributed by atoms with Crippen molar-refractivity contribution >= 4 is 22.7 Å². The molecule has 0 fully saturated rings. The number of nitrogens with zero attached hydrogens (tertiary/aromatic N) is 1. The normalized spacial score (nSPS) is 14.1. The second kappa shape index (κ2) is 6.78. The summed E-state index contributed by atoms with van der Waals surface area (Å²) in [5.74, 6) is 1.02. The lowest BCUT2D eigenvalue weighted by Gasteiger charge is -2.30. The van der Waals surface area contributed by atoms with Crippen molar-refractivity contribution in [3.8, 4) is 11.8 Å². The van der Waals surface area contributed by atoms with Crippen molar-refractivity contribution in [2.24, 2.45) is 0 Å². The summed E-state index contributed by atoms with van der Waals surface area (Å²) in [7, 11) is 0. The van der Waals surface area contributed by atoms with E-state index in [1.54, 1.807) is 30.3 Å². The molecular weight excluding hydrogens is 368 g/mol. The van der Waals surface area contributed by atoms with Crippen LogP contribution in [-0.4, -0.2) is 24.8 Å². The third-order valence-electron chi connectivity index (χ3n) is 5.27. The maximum absolute atomic E-state index is 13.3. The maximum Gasteiger partial charge on any atom is 0.216 e. The molecular formula is C23H20N2O4. The van der Waals surface area contributed by atoms with Crippen LogP contribution in [0.25, 0.3) is 11.0 Å². The zero-order valence-corrected chi connectivity index (χ0v) is 16.5. The highest BCUT2D eigenvalue weighted by atomic mass is 16.5. The minimum absolute atomic E-state index is 0.0948. The Labute approximate surface area is 168 Å². The van der Waals surface area contributed by atoms with Crippen LogP contribution in [-0.2, 0) is 10.2 Å². The van der Waals surface area contributed by atoms with Gasteiger partial charge in [-0.1, -0.05) is 0 Å². The molecule has 1 aliphatic rings. The smallest absolute Gasteiger partial charge is 0.216 e. The Morgan fingerprint density at radius 2 is 2.03 bits per heavy atom. The lowest BCUT2D eigenvalue weighted by atomic mass is 9.71. The Balaban J connectivity index is 1.74. The number of carbonyl (C=O) groups excluding carboxylic acids is 2. The van der Waals surface area contributed by atoms with Gasteiger partial charge in [-0.2, -0.15) is 5.26 Å². The number of hydrogen-bond acceptors (Lipinski definition) is 5. The second-order valence-electron chi connectivity index (χ2n) is 7.62. The molecule has 4 rings (SSSR count). The quantitative estimate of drug-likeness (QED) is 0.688. The SMILES string of the molecule is CC(=O)NCCOc1ccc2c(c1)C(C)(C)c1oc3cc(C#N)ccc3c1C2=O. The van der Waals surface area contributed by atoms with Crippen molar-refractivity contribution in [3.63, 3.8) is 0 Å². The first kappa shape index (κ1) is 18.8. The predicted molar refractivity (Wildman–Crippen MR) is 107 cm³/mol. The van der Waals surface area contributed by atoms with Gasteiger partial charge >= 0.3 is 0 Å². The second-order valence-corrected chi connectivity index (χ2v) is 7.62. The summed E-state index contributed by atoms with van der Waals surface area (Å²) in [6, 6.07) is 12.6. The Kier molecular flexibility index (Phi) is 4.39. The lowest BCUT2D eigenvalue weighted by molar-refractivity contribution is -0.119. The molecule has 29 heavy (non-hydrogen) atoms. The summed E-state index contributed by atoms with van der Waals surface area (Å²) < 4.78 is 11.8. The zero-order chi connectivity index (χ0) is 20.8. The van der Waals surface area contributed by atoms with Crippen LogP contribution in [0.4, 0.5) is 0 Å². The van der Waals surface area contributed by atoms with E-state index in [0.717, 1.165) is 10.9 Å². The molecule has 0 radical (unpaired) electrons. The number of ether oxygens (including phenoxy) is 1. The number of carbonyl (C=O) groups is 2. The van der Waals surface area contributed by atoms with E-state index < -0.39 is 5.41 Å². The first-order chi connectivity index (χ1) is 13.8. The Hall–Kier alpha value is -3.59. The Morgan fingerprint density at radius 1 is 1.24 bits per heavy atom. The van der Waals surface area contributed by atoms with Gasteiger partial charge in [-0.05, 0) is 55.8 Å². The molecule has 0 saturated carbocycles. The first-order valence-corrected chi connectivity index (χ1v) is 9.36. The van der Waals surface area contributed by atoms with Gasteiger partial charge in [0.05, 0.1) is 23.7 Å². The Morgan fingerprint density at radius 3 is 2.76 bits per heavy atom. The van der Waals surface area contributed by atoms with Gasteiger partial charge in [-0.3, -0.25) is 9.59 Å². The molecule has 0 aliphatic heterocycles. The number of benzene rings is 2. The molecule has 1 amide bonds. The summed E-state index contributed by atoms with van der Waals surface area (Å²) in [6.07, 6.45) is 0. The van der Waals surface area contributed by atoms with Gasteiger partial charge in [-0.15, -0.1) is 0 Å². The topological polar surface area (TPSA) is 92.3 Å². The number of rotatable bonds is 4. The predicted octanol–water partition coefficient (Wildman–Crippen LogP) is 3.69. The minimum atomic E-state index is -0.554. The fourth-order valence-corrected chi connectivity index (χ4v) is 3.81. The highest BCUT2D eigenvalue weighted by Gasteiger charge is 2.41. The highest BCUT2D eigenvalue weighted by Crippen LogP contribution is 2.46. The maximum atomic E-state index is 13.3. The van der Waals surface area contributed by atoms with Gasteiger partial charge in [0.15, 0.2) is 5.78 Å². The van der Waals surface area contributed by atoms with Crippen LogP contribution in [0.5, 0.6) is 5.75 Å². The van der Waals surface area contributed by atoms with Crippen LogP contribution in [0, 0.1) is 11.3 Å². The van der Waals surface area contributed by atoms with E-state index in [-0.39, 0.29) is 11.7 Å². The molecule has 6 heteroatoms. The molecule has 1 heterocycles. The molecule has 6 nitrogen and oxygen atoms in total. The standard InChI is InChI=1S/C23H20N2O4/c1-13(26)25-8-9-28-15-5-7-16-18(11-15)23(2,3)22-20(21(16)27)17-6-4-14(12-24)10-19(17)29-22/h4-7,10-11H,8-9H2,1-3H3,(H,25,26). The molecule has 0 spiro atoms. The van der Waals surface area contributed by atoms with E-state index in [1.165, 1.54) is 6.92 Å². The summed E-state index contributed by atoms with van der Waals surface area (Å²) in [5.41, 5.74) is 2.47. The average molecular weight is 388 g/mol. The molecule has 146 valence electrons. The van der Waals surface area contributed by atoms with Crippen LogP contribution < -0.4 is 10.1 Å². The molecule has 0 bridgehead atoms. The molecule has 0 saturated heterocycles. The van der Waals surface area contributed by atoms with Crippen LogP contribution >= 0.6 is 0 Å². The van der Waals surface area contributed by atoms with Gasteiger partial charge < -0.3 is 14.5 Å². The summed E-state index contributed by atoms with van der Waals surface area (Å²) >= 11 is 0. The van der Waals surface area contributed by atoms with Crippen LogP contribution in [0.15, 0.2) is 40.8 Å². The summed E-state index contributed by atoms with van der Waals surface area (Å²) in [6.45, 7) is 6.21. The molecule has 1 aliphatic carbocycles. The largest absolute Gasteiger partial charge is 0.492 e. The van der Waals surface area contributed by atoms with E-state index in [1.807, 2.05) is 19.9 Å². The van der Waals surface area contributed by atoms with Crippen molar-refractivity contribution in [3.05, 3.63) is 64.4 Å². The number of hydrogen-bond donors (Lipinski definition) is 1. The monoisotopic (exact) mass is 388 g/mol. The number of ketones is 1. The molecule has 1 N–H and O–H groups in total. The van der Waals surface area contributed by atoms with Gasteiger partial charge in [-0.25, -0.2) is 0 Å². The average Bonchev–Trinajstić information content (AvgIpc) is 3.09. The van der Waals surface area contributed by atoms with Crippen LogP contribution in [0.3, 0.4) is 0 Å².